The molecule has 1 aromatic rings. The molecule has 1 N–H and O–H groups in total. The fraction of sp³-hybridized carbons (Fsp3) is 0.412. The molecule has 0 amide bonds. The van der Waals surface area contributed by atoms with Crippen LogP contribution in [0.5, 0.6) is 11.5 Å². The minimum Gasteiger partial charge on any atom is -0.497 e. The molecule has 0 spiro atoms. The van der Waals surface area contributed by atoms with E-state index >= 15 is 0 Å². The van der Waals surface area contributed by atoms with Gasteiger partial charge in [0.05, 0.1) is 19.6 Å². The van der Waals surface area contributed by atoms with Gasteiger partial charge in [0, 0.05) is 18.7 Å². The van der Waals surface area contributed by atoms with Gasteiger partial charge in [0.15, 0.2) is 0 Å². The van der Waals surface area contributed by atoms with E-state index < -0.39 is 24.1 Å². The van der Waals surface area contributed by atoms with Crippen molar-refractivity contribution in [3.63, 3.8) is 0 Å². The Morgan fingerprint density at radius 1 is 1.25 bits per heavy atom. The number of hydrogen-bond donors (Lipinski definition) is 1. The van der Waals surface area contributed by atoms with E-state index in [0.717, 1.165) is 0 Å². The largest absolute Gasteiger partial charge is 0.497 e. The van der Waals surface area contributed by atoms with Crippen LogP contribution in [-0.2, 0) is 19.1 Å². The smallest absolute Gasteiger partial charge is 0.333 e. The van der Waals surface area contributed by atoms with Crippen molar-refractivity contribution in [2.45, 2.75) is 25.6 Å². The molecule has 7 nitrogen and oxygen atoms in total. The number of hydrogen-bond acceptors (Lipinski definition) is 7. The maximum atomic E-state index is 11.9. The van der Waals surface area contributed by atoms with Crippen LogP contribution in [0.25, 0.3) is 0 Å². The Kier molecular flexibility index (Phi) is 7.94. The molecule has 2 atom stereocenters. The van der Waals surface area contributed by atoms with E-state index in [2.05, 4.69) is 6.58 Å². The summed E-state index contributed by atoms with van der Waals surface area (Å²) in [6.45, 7) is 4.76. The van der Waals surface area contributed by atoms with Crippen LogP contribution in [-0.4, -0.2) is 50.1 Å². The van der Waals surface area contributed by atoms with Crippen LogP contribution in [0.15, 0.2) is 36.4 Å². The lowest BCUT2D eigenvalue weighted by Crippen LogP contribution is -2.36. The third kappa shape index (κ3) is 6.39. The van der Waals surface area contributed by atoms with Crippen molar-refractivity contribution in [2.75, 3.05) is 20.8 Å². The quantitative estimate of drug-likeness (QED) is 0.414. The maximum absolute atomic E-state index is 11.9. The highest BCUT2D eigenvalue weighted by Crippen LogP contribution is 2.19. The predicted molar refractivity (Wildman–Crippen MR) is 85.8 cm³/mol. The van der Waals surface area contributed by atoms with Crippen molar-refractivity contribution in [1.82, 2.24) is 0 Å². The van der Waals surface area contributed by atoms with Gasteiger partial charge in [-0.1, -0.05) is 12.6 Å². The lowest BCUT2D eigenvalue weighted by Gasteiger charge is -2.20. The average Bonchev–Trinajstić information content (AvgIpc) is 2.54. The number of benzene rings is 1. The van der Waals surface area contributed by atoms with Crippen LogP contribution >= 0.6 is 0 Å². The van der Waals surface area contributed by atoms with Crippen molar-refractivity contribution in [3.8, 4) is 11.5 Å². The van der Waals surface area contributed by atoms with Crippen molar-refractivity contribution in [2.24, 2.45) is 0 Å². The number of methoxy groups -OCH3 is 2. The van der Waals surface area contributed by atoms with Gasteiger partial charge in [0.1, 0.15) is 24.2 Å². The second kappa shape index (κ2) is 9.69. The SMILES string of the molecule is C=C(C)C(=O)OCC(OC)C(O)CC(=O)Oc1cccc(OC)c1. The second-order valence-electron chi connectivity index (χ2n) is 5.08. The highest BCUT2D eigenvalue weighted by atomic mass is 16.6. The molecule has 2 unspecified atom stereocenters. The third-order valence-electron chi connectivity index (χ3n) is 3.11. The topological polar surface area (TPSA) is 91.3 Å². The number of aliphatic hydroxyl groups is 1. The lowest BCUT2D eigenvalue weighted by molar-refractivity contribution is -0.147. The Morgan fingerprint density at radius 2 is 1.92 bits per heavy atom. The van der Waals surface area contributed by atoms with Crippen molar-refractivity contribution >= 4 is 11.9 Å². The number of carbonyl (C=O) groups excluding carboxylic acids is 2. The molecule has 0 fully saturated rings. The fourth-order valence-corrected chi connectivity index (χ4v) is 1.76. The number of aliphatic hydroxyl groups excluding tert-OH is 1. The van der Waals surface area contributed by atoms with Crippen LogP contribution in [0.1, 0.15) is 13.3 Å². The maximum Gasteiger partial charge on any atom is 0.333 e. The van der Waals surface area contributed by atoms with Gasteiger partial charge in [-0.2, -0.15) is 0 Å². The van der Waals surface area contributed by atoms with Crippen molar-refractivity contribution < 1.29 is 33.6 Å². The molecule has 0 saturated heterocycles. The number of carbonyl (C=O) groups is 2. The average molecular weight is 338 g/mol. The van der Waals surface area contributed by atoms with Gasteiger partial charge in [-0.15, -0.1) is 0 Å². The van der Waals surface area contributed by atoms with E-state index in [-0.39, 0.29) is 18.6 Å². The first-order valence-corrected chi connectivity index (χ1v) is 7.25. The van der Waals surface area contributed by atoms with E-state index in [1.165, 1.54) is 21.1 Å². The summed E-state index contributed by atoms with van der Waals surface area (Å²) in [5.41, 5.74) is 0.233. The first-order valence-electron chi connectivity index (χ1n) is 7.25. The van der Waals surface area contributed by atoms with Gasteiger partial charge in [-0.25, -0.2) is 4.79 Å². The Bertz CT molecular complexity index is 582. The molecule has 0 aromatic heterocycles. The molecule has 24 heavy (non-hydrogen) atoms. The Labute approximate surface area is 140 Å². The van der Waals surface area contributed by atoms with Crippen LogP contribution in [0.2, 0.25) is 0 Å². The van der Waals surface area contributed by atoms with E-state index in [4.69, 9.17) is 18.9 Å². The van der Waals surface area contributed by atoms with Gasteiger partial charge < -0.3 is 24.1 Å². The summed E-state index contributed by atoms with van der Waals surface area (Å²) in [7, 11) is 2.84. The highest BCUT2D eigenvalue weighted by molar-refractivity contribution is 5.86. The summed E-state index contributed by atoms with van der Waals surface area (Å²) in [6, 6.07) is 6.53. The summed E-state index contributed by atoms with van der Waals surface area (Å²) in [4.78, 5) is 23.2. The molecule has 0 bridgehead atoms. The Morgan fingerprint density at radius 3 is 2.50 bits per heavy atom. The van der Waals surface area contributed by atoms with Gasteiger partial charge >= 0.3 is 11.9 Å². The minimum atomic E-state index is -1.19. The van der Waals surface area contributed by atoms with Crippen molar-refractivity contribution in [3.05, 3.63) is 36.4 Å². The standard InChI is InChI=1S/C17H22O7/c1-11(2)17(20)23-10-15(22-4)14(18)9-16(19)24-13-7-5-6-12(8-13)21-3/h5-8,14-15,18H,1,9-10H2,2-4H3. The van der Waals surface area contributed by atoms with E-state index in [9.17, 15) is 14.7 Å². The second-order valence-corrected chi connectivity index (χ2v) is 5.08. The molecule has 0 aliphatic rings. The van der Waals surface area contributed by atoms with Gasteiger partial charge in [-0.05, 0) is 19.1 Å². The monoisotopic (exact) mass is 338 g/mol. The highest BCUT2D eigenvalue weighted by Gasteiger charge is 2.24. The molecular weight excluding hydrogens is 316 g/mol. The molecule has 0 aliphatic heterocycles. The normalized spacial score (nSPS) is 12.8. The summed E-state index contributed by atoms with van der Waals surface area (Å²) in [5, 5.41) is 10.0. The van der Waals surface area contributed by atoms with Crippen LogP contribution in [0.3, 0.4) is 0 Å². The zero-order valence-electron chi connectivity index (χ0n) is 14.0. The summed E-state index contributed by atoms with van der Waals surface area (Å²) < 4.78 is 20.1. The molecule has 0 saturated carbocycles. The number of ether oxygens (including phenoxy) is 4. The molecule has 0 aliphatic carbocycles. The number of esters is 2. The van der Waals surface area contributed by atoms with Crippen LogP contribution in [0, 0.1) is 0 Å². The molecule has 1 rings (SSSR count). The number of rotatable bonds is 9. The lowest BCUT2D eigenvalue weighted by atomic mass is 10.1. The van der Waals surface area contributed by atoms with Crippen LogP contribution in [0.4, 0.5) is 0 Å². The van der Waals surface area contributed by atoms with Gasteiger partial charge in [0.25, 0.3) is 0 Å². The molecular formula is C17H22O7. The molecule has 1 aromatic carbocycles. The molecule has 0 radical (unpaired) electrons. The van der Waals surface area contributed by atoms with E-state index in [1.54, 1.807) is 24.3 Å². The first-order chi connectivity index (χ1) is 11.4. The molecule has 0 heterocycles. The van der Waals surface area contributed by atoms with E-state index in [1.807, 2.05) is 0 Å². The Hall–Kier alpha value is -2.38. The van der Waals surface area contributed by atoms with Crippen LogP contribution < -0.4 is 9.47 Å². The molecule has 7 heteroatoms. The third-order valence-corrected chi connectivity index (χ3v) is 3.11. The Balaban J connectivity index is 2.53. The zero-order chi connectivity index (χ0) is 18.1. The van der Waals surface area contributed by atoms with Gasteiger partial charge in [0.2, 0.25) is 0 Å². The first kappa shape index (κ1) is 19.7. The summed E-state index contributed by atoms with van der Waals surface area (Å²) in [5.74, 6) is -0.399. The minimum absolute atomic E-state index is 0.199. The van der Waals surface area contributed by atoms with Gasteiger partial charge in [-0.3, -0.25) is 4.79 Å². The summed E-state index contributed by atoms with van der Waals surface area (Å²) in [6.07, 6.45) is -2.36. The van der Waals surface area contributed by atoms with Crippen molar-refractivity contribution in [1.29, 1.82) is 0 Å². The van der Waals surface area contributed by atoms with E-state index in [0.29, 0.717) is 11.5 Å². The predicted octanol–water partition coefficient (Wildman–Crippen LogP) is 1.49. The zero-order valence-corrected chi connectivity index (χ0v) is 14.0. The fourth-order valence-electron chi connectivity index (χ4n) is 1.76. The summed E-state index contributed by atoms with van der Waals surface area (Å²) >= 11 is 0. The molecule has 132 valence electrons.